The minimum atomic E-state index is -1.38. The normalized spacial score (nSPS) is 21.5. The quantitative estimate of drug-likeness (QED) is 0.459. The van der Waals surface area contributed by atoms with Crippen LogP contribution < -0.4 is 4.90 Å². The zero-order valence-corrected chi connectivity index (χ0v) is 14.5. The maximum Gasteiger partial charge on any atom is 0.281 e. The molecule has 2 amide bonds. The highest BCUT2D eigenvalue weighted by Gasteiger charge is 2.58. The van der Waals surface area contributed by atoms with E-state index in [-0.39, 0.29) is 24.4 Å². The molecule has 2 aromatic rings. The lowest BCUT2D eigenvalue weighted by atomic mass is 9.92. The monoisotopic (exact) mass is 385 g/mol. The van der Waals surface area contributed by atoms with Crippen LogP contribution in [0.2, 0.25) is 5.02 Å². The molecule has 2 aliphatic heterocycles. The molecule has 0 N–H and O–H groups in total. The van der Waals surface area contributed by atoms with Crippen LogP contribution in [0.25, 0.3) is 0 Å². The number of nitro groups is 1. The van der Waals surface area contributed by atoms with Crippen LogP contribution in [-0.4, -0.2) is 28.1 Å². The maximum atomic E-state index is 12.9. The number of hydrogen-bond acceptors (Lipinski definition) is 6. The number of oxime groups is 1. The fourth-order valence-electron chi connectivity index (χ4n) is 3.18. The third-order valence-corrected chi connectivity index (χ3v) is 4.81. The summed E-state index contributed by atoms with van der Waals surface area (Å²) < 4.78 is 0. The van der Waals surface area contributed by atoms with E-state index in [4.69, 9.17) is 16.4 Å². The molecule has 1 atom stereocenters. The first-order chi connectivity index (χ1) is 12.9. The van der Waals surface area contributed by atoms with E-state index in [9.17, 15) is 19.7 Å². The van der Waals surface area contributed by atoms with Gasteiger partial charge in [-0.3, -0.25) is 19.7 Å². The van der Waals surface area contributed by atoms with Crippen LogP contribution in [0.3, 0.4) is 0 Å². The number of benzene rings is 2. The van der Waals surface area contributed by atoms with Gasteiger partial charge in [0.15, 0.2) is 0 Å². The van der Waals surface area contributed by atoms with Crippen molar-refractivity contribution in [2.24, 2.45) is 5.16 Å². The first-order valence-corrected chi connectivity index (χ1v) is 8.40. The molecular weight excluding hydrogens is 374 g/mol. The summed E-state index contributed by atoms with van der Waals surface area (Å²) in [5.41, 5.74) is 0.0488. The van der Waals surface area contributed by atoms with Crippen LogP contribution in [0.1, 0.15) is 18.4 Å². The van der Waals surface area contributed by atoms with Gasteiger partial charge in [0.05, 0.1) is 22.7 Å². The summed E-state index contributed by atoms with van der Waals surface area (Å²) in [6.45, 7) is 0. The van der Waals surface area contributed by atoms with E-state index in [1.165, 1.54) is 24.3 Å². The molecule has 0 bridgehead atoms. The minimum Gasteiger partial charge on any atom is -0.378 e. The Kier molecular flexibility index (Phi) is 3.92. The summed E-state index contributed by atoms with van der Waals surface area (Å²) in [6, 6.07) is 12.1. The Morgan fingerprint density at radius 3 is 2.37 bits per heavy atom. The van der Waals surface area contributed by atoms with Crippen LogP contribution in [0, 0.1) is 10.1 Å². The average Bonchev–Trinajstić information content (AvgIpc) is 3.18. The van der Waals surface area contributed by atoms with Gasteiger partial charge in [-0.1, -0.05) is 16.8 Å². The van der Waals surface area contributed by atoms with Crippen molar-refractivity contribution < 1.29 is 19.3 Å². The van der Waals surface area contributed by atoms with Gasteiger partial charge < -0.3 is 4.84 Å². The third-order valence-electron chi connectivity index (χ3n) is 4.56. The molecule has 136 valence electrons. The number of nitrogens with zero attached hydrogens (tertiary/aromatic N) is 3. The first kappa shape index (κ1) is 17.2. The number of carbonyl (C=O) groups is 2. The van der Waals surface area contributed by atoms with Crippen LogP contribution >= 0.6 is 11.6 Å². The molecule has 1 spiro atoms. The molecule has 27 heavy (non-hydrogen) atoms. The largest absolute Gasteiger partial charge is 0.378 e. The number of anilines is 1. The fourth-order valence-corrected chi connectivity index (χ4v) is 3.31. The van der Waals surface area contributed by atoms with E-state index < -0.39 is 16.4 Å². The summed E-state index contributed by atoms with van der Waals surface area (Å²) in [5.74, 6) is -0.877. The number of hydrogen-bond donors (Lipinski definition) is 0. The van der Waals surface area contributed by atoms with Crippen LogP contribution in [0.15, 0.2) is 53.7 Å². The number of imide groups is 1. The summed E-state index contributed by atoms with van der Waals surface area (Å²) in [4.78, 5) is 42.1. The van der Waals surface area contributed by atoms with E-state index in [0.717, 1.165) is 4.90 Å². The van der Waals surface area contributed by atoms with Gasteiger partial charge in [-0.15, -0.1) is 0 Å². The van der Waals surface area contributed by atoms with Crippen molar-refractivity contribution in [3.8, 4) is 0 Å². The second-order valence-electron chi connectivity index (χ2n) is 6.29. The number of halogens is 1. The highest BCUT2D eigenvalue weighted by molar-refractivity contribution is 6.31. The van der Waals surface area contributed by atoms with Gasteiger partial charge in [-0.05, 0) is 42.0 Å². The SMILES string of the molecule is O=C1CC2(CC(c3ccc([N+](=O)[O-])cc3)=NO2)C(=O)N1c1ccc(Cl)cc1. The Bertz CT molecular complexity index is 987. The van der Waals surface area contributed by atoms with E-state index in [2.05, 4.69) is 5.16 Å². The van der Waals surface area contributed by atoms with E-state index in [1.54, 1.807) is 24.3 Å². The number of carbonyl (C=O) groups excluding carboxylic acids is 2. The molecule has 0 aromatic heterocycles. The van der Waals surface area contributed by atoms with Crippen molar-refractivity contribution in [1.29, 1.82) is 0 Å². The van der Waals surface area contributed by atoms with Crippen LogP contribution in [0.4, 0.5) is 11.4 Å². The molecule has 1 fully saturated rings. The smallest absolute Gasteiger partial charge is 0.281 e. The number of rotatable bonds is 3. The topological polar surface area (TPSA) is 102 Å². The Balaban J connectivity index is 1.57. The van der Waals surface area contributed by atoms with E-state index >= 15 is 0 Å². The van der Waals surface area contributed by atoms with Crippen molar-refractivity contribution in [2.75, 3.05) is 4.90 Å². The van der Waals surface area contributed by atoms with E-state index in [0.29, 0.717) is 22.0 Å². The molecule has 1 saturated heterocycles. The minimum absolute atomic E-state index is 0.0472. The van der Waals surface area contributed by atoms with Gasteiger partial charge >= 0.3 is 0 Å². The van der Waals surface area contributed by atoms with Crippen molar-refractivity contribution in [3.05, 3.63) is 69.2 Å². The lowest BCUT2D eigenvalue weighted by molar-refractivity contribution is -0.384. The second-order valence-corrected chi connectivity index (χ2v) is 6.73. The van der Waals surface area contributed by atoms with Gasteiger partial charge in [0.2, 0.25) is 11.5 Å². The predicted molar refractivity (Wildman–Crippen MR) is 96.6 cm³/mol. The maximum absolute atomic E-state index is 12.9. The molecule has 2 aliphatic rings. The number of non-ortho nitro benzene ring substituents is 1. The molecule has 2 heterocycles. The predicted octanol–water partition coefficient (Wildman–Crippen LogP) is 3.07. The van der Waals surface area contributed by atoms with Crippen molar-refractivity contribution in [3.63, 3.8) is 0 Å². The van der Waals surface area contributed by atoms with Crippen molar-refractivity contribution in [2.45, 2.75) is 18.4 Å². The van der Waals surface area contributed by atoms with E-state index in [1.807, 2.05) is 0 Å². The standard InChI is InChI=1S/C18H12ClN3O5/c19-12-3-7-13(8-4-12)21-16(23)10-18(17(21)24)9-15(20-27-18)11-1-5-14(6-2-11)22(25)26/h1-8H,9-10H2. The Morgan fingerprint density at radius 2 is 1.74 bits per heavy atom. The van der Waals surface area contributed by atoms with Gasteiger partial charge in [-0.25, -0.2) is 4.90 Å². The number of nitro benzene ring substituents is 1. The molecule has 0 saturated carbocycles. The summed E-state index contributed by atoms with van der Waals surface area (Å²) in [5, 5.41) is 15.2. The molecule has 0 aliphatic carbocycles. The lowest BCUT2D eigenvalue weighted by Gasteiger charge is -2.19. The Hall–Kier alpha value is -3.26. The third kappa shape index (κ3) is 2.83. The van der Waals surface area contributed by atoms with Gasteiger partial charge in [-0.2, -0.15) is 0 Å². The molecular formula is C18H12ClN3O5. The number of amides is 2. The zero-order chi connectivity index (χ0) is 19.2. The van der Waals surface area contributed by atoms with Gasteiger partial charge in [0.1, 0.15) is 0 Å². The summed E-state index contributed by atoms with van der Waals surface area (Å²) in [7, 11) is 0. The zero-order valence-electron chi connectivity index (χ0n) is 13.8. The molecule has 4 rings (SSSR count). The van der Waals surface area contributed by atoms with Gasteiger partial charge in [0, 0.05) is 23.6 Å². The summed E-state index contributed by atoms with van der Waals surface area (Å²) in [6.07, 6.45) is -0.0199. The average molecular weight is 386 g/mol. The molecule has 9 heteroatoms. The highest BCUT2D eigenvalue weighted by atomic mass is 35.5. The Morgan fingerprint density at radius 1 is 1.07 bits per heavy atom. The fraction of sp³-hybridized carbons (Fsp3) is 0.167. The Labute approximate surface area is 158 Å². The molecule has 1 unspecified atom stereocenters. The van der Waals surface area contributed by atoms with Crippen LogP contribution in [-0.2, 0) is 14.4 Å². The molecule has 0 radical (unpaired) electrons. The lowest BCUT2D eigenvalue weighted by Crippen LogP contribution is -2.40. The second kappa shape index (κ2) is 6.17. The van der Waals surface area contributed by atoms with Crippen LogP contribution in [0.5, 0.6) is 0 Å². The molecule has 8 nitrogen and oxygen atoms in total. The van der Waals surface area contributed by atoms with Gasteiger partial charge in [0.25, 0.3) is 11.6 Å². The highest BCUT2D eigenvalue weighted by Crippen LogP contribution is 2.39. The van der Waals surface area contributed by atoms with Crippen molar-refractivity contribution in [1.82, 2.24) is 0 Å². The summed E-state index contributed by atoms with van der Waals surface area (Å²) >= 11 is 5.86. The van der Waals surface area contributed by atoms with Crippen molar-refractivity contribution >= 4 is 40.5 Å². The first-order valence-electron chi connectivity index (χ1n) is 8.02. The molecule has 2 aromatic carbocycles.